The molecule has 2 rings (SSSR count). The molecule has 3 N–H and O–H groups in total. The second-order valence-electron chi connectivity index (χ2n) is 4.08. The molecule has 0 spiro atoms. The Morgan fingerprint density at radius 2 is 2.05 bits per heavy atom. The molecule has 0 aliphatic carbocycles. The van der Waals surface area contributed by atoms with E-state index in [4.69, 9.17) is 17.3 Å². The molecule has 0 bridgehead atoms. The number of para-hydroxylation sites is 1. The van der Waals surface area contributed by atoms with Crippen LogP contribution in [0, 0.1) is 15.9 Å². The maximum Gasteiger partial charge on any atom is 0.292 e. The lowest BCUT2D eigenvalue weighted by molar-refractivity contribution is -0.383. The smallest absolute Gasteiger partial charge is 0.292 e. The molecular weight excluding hydrogens is 301 g/mol. The lowest BCUT2D eigenvalue weighted by atomic mass is 10.1. The number of hydrogen-bond acceptors (Lipinski definition) is 4. The van der Waals surface area contributed by atoms with Crippen LogP contribution in [0.3, 0.4) is 0 Å². The summed E-state index contributed by atoms with van der Waals surface area (Å²) in [6, 6.07) is 7.47. The van der Waals surface area contributed by atoms with E-state index in [1.807, 2.05) is 0 Å². The highest BCUT2D eigenvalue weighted by atomic mass is 35.5. The summed E-state index contributed by atoms with van der Waals surface area (Å²) in [4.78, 5) is 22.1. The summed E-state index contributed by atoms with van der Waals surface area (Å²) in [5.41, 5.74) is 4.74. The number of benzene rings is 2. The van der Waals surface area contributed by atoms with Crippen LogP contribution >= 0.6 is 11.6 Å². The molecule has 108 valence electrons. The zero-order valence-electron chi connectivity index (χ0n) is 10.5. The Labute approximate surface area is 123 Å². The molecule has 2 aromatic carbocycles. The van der Waals surface area contributed by atoms with Crippen molar-refractivity contribution in [2.24, 2.45) is 0 Å². The van der Waals surface area contributed by atoms with Gasteiger partial charge >= 0.3 is 0 Å². The van der Waals surface area contributed by atoms with Crippen LogP contribution in [0.15, 0.2) is 36.4 Å². The van der Waals surface area contributed by atoms with E-state index >= 15 is 0 Å². The monoisotopic (exact) mass is 309 g/mol. The van der Waals surface area contributed by atoms with Crippen LogP contribution < -0.4 is 11.1 Å². The molecule has 0 aromatic heterocycles. The number of nitro benzene ring substituents is 1. The van der Waals surface area contributed by atoms with E-state index in [9.17, 15) is 19.3 Å². The third kappa shape index (κ3) is 3.09. The first-order valence-corrected chi connectivity index (χ1v) is 6.07. The zero-order valence-corrected chi connectivity index (χ0v) is 11.2. The summed E-state index contributed by atoms with van der Waals surface area (Å²) < 4.78 is 13.6. The van der Waals surface area contributed by atoms with Crippen LogP contribution in [0.1, 0.15) is 10.4 Å². The molecule has 0 heterocycles. The van der Waals surface area contributed by atoms with Crippen molar-refractivity contribution in [3.05, 3.63) is 62.9 Å². The molecular formula is C13H9ClFN3O3. The van der Waals surface area contributed by atoms with Crippen LogP contribution in [-0.4, -0.2) is 10.8 Å². The molecule has 0 aliphatic rings. The van der Waals surface area contributed by atoms with Gasteiger partial charge in [-0.25, -0.2) is 4.39 Å². The van der Waals surface area contributed by atoms with Gasteiger partial charge in [0.25, 0.3) is 11.6 Å². The molecule has 21 heavy (non-hydrogen) atoms. The second-order valence-corrected chi connectivity index (χ2v) is 4.49. The van der Waals surface area contributed by atoms with Gasteiger partial charge in [-0.15, -0.1) is 0 Å². The Balaban J connectivity index is 2.33. The zero-order chi connectivity index (χ0) is 15.6. The van der Waals surface area contributed by atoms with Gasteiger partial charge in [-0.3, -0.25) is 14.9 Å². The number of nitrogens with one attached hydrogen (secondary N) is 1. The summed E-state index contributed by atoms with van der Waals surface area (Å²) >= 11 is 5.79. The van der Waals surface area contributed by atoms with E-state index in [1.54, 1.807) is 0 Å². The molecule has 0 aliphatic heterocycles. The van der Waals surface area contributed by atoms with Gasteiger partial charge in [0.15, 0.2) is 0 Å². The first kappa shape index (κ1) is 14.7. The molecule has 0 fully saturated rings. The highest BCUT2D eigenvalue weighted by molar-refractivity contribution is 6.34. The van der Waals surface area contributed by atoms with Crippen LogP contribution in [0.5, 0.6) is 0 Å². The van der Waals surface area contributed by atoms with Crippen molar-refractivity contribution in [1.82, 2.24) is 0 Å². The predicted molar refractivity (Wildman–Crippen MR) is 76.9 cm³/mol. The Hall–Kier alpha value is -2.67. The molecule has 6 nitrogen and oxygen atoms in total. The van der Waals surface area contributed by atoms with Crippen molar-refractivity contribution in [1.29, 1.82) is 0 Å². The molecule has 1 amide bonds. The summed E-state index contributed by atoms with van der Waals surface area (Å²) in [6.07, 6.45) is 0. The number of carbonyl (C=O) groups is 1. The third-order valence-corrected chi connectivity index (χ3v) is 3.01. The Morgan fingerprint density at radius 3 is 2.67 bits per heavy atom. The van der Waals surface area contributed by atoms with Crippen LogP contribution in [0.25, 0.3) is 0 Å². The molecule has 0 unspecified atom stereocenters. The molecule has 0 saturated heterocycles. The van der Waals surface area contributed by atoms with Crippen molar-refractivity contribution in [2.45, 2.75) is 0 Å². The Morgan fingerprint density at radius 1 is 1.33 bits per heavy atom. The SMILES string of the molecule is Nc1ccc(C(=O)Nc2c(F)cccc2Cl)cc1[N+](=O)[O-]. The van der Waals surface area contributed by atoms with Gasteiger partial charge in [0.1, 0.15) is 11.5 Å². The summed E-state index contributed by atoms with van der Waals surface area (Å²) in [5.74, 6) is -1.44. The van der Waals surface area contributed by atoms with Gasteiger partial charge in [0.05, 0.1) is 15.6 Å². The van der Waals surface area contributed by atoms with Gasteiger partial charge < -0.3 is 11.1 Å². The van der Waals surface area contributed by atoms with Crippen molar-refractivity contribution in [3.8, 4) is 0 Å². The fourth-order valence-electron chi connectivity index (χ4n) is 1.65. The van der Waals surface area contributed by atoms with E-state index < -0.39 is 22.3 Å². The van der Waals surface area contributed by atoms with E-state index in [-0.39, 0.29) is 22.0 Å². The van der Waals surface area contributed by atoms with Crippen molar-refractivity contribution in [3.63, 3.8) is 0 Å². The molecule has 2 aromatic rings. The number of nitrogens with two attached hydrogens (primary N) is 1. The van der Waals surface area contributed by atoms with Crippen LogP contribution in [0.2, 0.25) is 5.02 Å². The fourth-order valence-corrected chi connectivity index (χ4v) is 1.86. The maximum absolute atomic E-state index is 13.6. The van der Waals surface area contributed by atoms with Gasteiger partial charge in [-0.1, -0.05) is 17.7 Å². The molecule has 0 radical (unpaired) electrons. The number of carbonyl (C=O) groups excluding carboxylic acids is 1. The number of nitrogen functional groups attached to an aromatic ring is 1. The largest absolute Gasteiger partial charge is 0.393 e. The van der Waals surface area contributed by atoms with Crippen molar-refractivity contribution >= 4 is 34.6 Å². The first-order chi connectivity index (χ1) is 9.90. The molecule has 0 atom stereocenters. The lowest BCUT2D eigenvalue weighted by Crippen LogP contribution is -2.14. The number of anilines is 2. The molecule has 8 heteroatoms. The lowest BCUT2D eigenvalue weighted by Gasteiger charge is -2.08. The van der Waals surface area contributed by atoms with E-state index in [1.165, 1.54) is 24.3 Å². The topological polar surface area (TPSA) is 98.3 Å². The average Bonchev–Trinajstić information content (AvgIpc) is 2.43. The highest BCUT2D eigenvalue weighted by Crippen LogP contribution is 2.26. The Bertz CT molecular complexity index is 716. The summed E-state index contributed by atoms with van der Waals surface area (Å²) in [7, 11) is 0. The number of halogens is 2. The highest BCUT2D eigenvalue weighted by Gasteiger charge is 2.17. The quantitative estimate of drug-likeness (QED) is 0.516. The van der Waals surface area contributed by atoms with E-state index in [0.29, 0.717) is 0 Å². The fraction of sp³-hybridized carbons (Fsp3) is 0. The third-order valence-electron chi connectivity index (χ3n) is 2.69. The van der Waals surface area contributed by atoms with Crippen LogP contribution in [-0.2, 0) is 0 Å². The maximum atomic E-state index is 13.6. The normalized spacial score (nSPS) is 10.2. The van der Waals surface area contributed by atoms with Crippen LogP contribution in [0.4, 0.5) is 21.5 Å². The number of nitrogens with zero attached hydrogens (tertiary/aromatic N) is 1. The van der Waals surface area contributed by atoms with E-state index in [2.05, 4.69) is 5.32 Å². The predicted octanol–water partition coefficient (Wildman–Crippen LogP) is 3.22. The average molecular weight is 310 g/mol. The van der Waals surface area contributed by atoms with Crippen molar-refractivity contribution in [2.75, 3.05) is 11.1 Å². The Kier molecular flexibility index (Phi) is 4.04. The minimum atomic E-state index is -0.731. The van der Waals surface area contributed by atoms with Crippen molar-refractivity contribution < 1.29 is 14.1 Å². The number of hydrogen-bond donors (Lipinski definition) is 2. The molecule has 0 saturated carbocycles. The van der Waals surface area contributed by atoms with Gasteiger partial charge in [-0.05, 0) is 24.3 Å². The van der Waals surface area contributed by atoms with Gasteiger partial charge in [0, 0.05) is 11.6 Å². The standard InChI is InChI=1S/C13H9ClFN3O3/c14-8-2-1-3-9(15)12(8)17-13(19)7-4-5-10(16)11(6-7)18(20)21/h1-6H,16H2,(H,17,19). The number of rotatable bonds is 3. The minimum Gasteiger partial charge on any atom is -0.393 e. The summed E-state index contributed by atoms with van der Waals surface area (Å²) in [5, 5.41) is 13.1. The number of nitro groups is 1. The van der Waals surface area contributed by atoms with Gasteiger partial charge in [-0.2, -0.15) is 0 Å². The van der Waals surface area contributed by atoms with Gasteiger partial charge in [0.2, 0.25) is 0 Å². The number of amides is 1. The minimum absolute atomic E-state index is 0.0216. The second kappa shape index (κ2) is 5.76. The first-order valence-electron chi connectivity index (χ1n) is 5.69. The summed E-state index contributed by atoms with van der Waals surface area (Å²) in [6.45, 7) is 0. The van der Waals surface area contributed by atoms with E-state index in [0.717, 1.165) is 12.1 Å².